The van der Waals surface area contributed by atoms with Gasteiger partial charge in [-0.3, -0.25) is 24.8 Å². The smallest absolute Gasteiger partial charge is 0.255 e. The molecule has 10 rings (SSSR count). The molecule has 0 radical (unpaired) electrons. The van der Waals surface area contributed by atoms with Crippen LogP contribution in [0.3, 0.4) is 0 Å². The minimum atomic E-state index is -0.887. The van der Waals surface area contributed by atoms with Gasteiger partial charge in [0.05, 0.1) is 35.5 Å². The molecule has 6 heterocycles. The van der Waals surface area contributed by atoms with Crippen LogP contribution in [0, 0.1) is 23.5 Å². The van der Waals surface area contributed by atoms with E-state index in [1.165, 1.54) is 11.3 Å². The van der Waals surface area contributed by atoms with E-state index in [4.69, 9.17) is 9.47 Å². The zero-order chi connectivity index (χ0) is 41.1. The molecule has 1 unspecified atom stereocenters. The van der Waals surface area contributed by atoms with Gasteiger partial charge >= 0.3 is 0 Å². The van der Waals surface area contributed by atoms with Gasteiger partial charge in [-0.05, 0) is 120 Å². The number of aromatic nitrogens is 4. The fraction of sp³-hybridized carbons (Fsp3) is 0.556. The average Bonchev–Trinajstić information content (AvgIpc) is 3.67. The first-order valence-corrected chi connectivity index (χ1v) is 21.9. The molecule has 1 atom stereocenters. The van der Waals surface area contributed by atoms with E-state index in [2.05, 4.69) is 49.4 Å². The molecule has 4 aromatic rings. The molecular weight excluding hydrogens is 771 g/mol. The maximum absolute atomic E-state index is 16.0. The van der Waals surface area contributed by atoms with Gasteiger partial charge in [-0.15, -0.1) is 0 Å². The Bertz CT molecular complexity index is 2310. The predicted molar refractivity (Wildman–Crippen MR) is 219 cm³/mol. The van der Waals surface area contributed by atoms with Crippen molar-refractivity contribution >= 4 is 40.1 Å². The number of fused-ring (bicyclic) bond motifs is 2. The van der Waals surface area contributed by atoms with Crippen molar-refractivity contribution in [1.29, 1.82) is 0 Å². The molecule has 6 aliphatic rings. The number of aromatic amines is 1. The highest BCUT2D eigenvalue weighted by Crippen LogP contribution is 2.42. The van der Waals surface area contributed by atoms with Crippen molar-refractivity contribution in [1.82, 2.24) is 30.4 Å². The third kappa shape index (κ3) is 7.69. The number of rotatable bonds is 10. The number of hydrogen-bond donors (Lipinski definition) is 2. The molecule has 2 aromatic carbocycles. The second-order valence-electron chi connectivity index (χ2n) is 18.2. The summed E-state index contributed by atoms with van der Waals surface area (Å²) in [7, 11) is 0. The minimum absolute atomic E-state index is 0.0359. The first kappa shape index (κ1) is 39.0. The number of ether oxygens (including phenoxy) is 2. The number of H-pyrrole nitrogens is 1. The van der Waals surface area contributed by atoms with E-state index in [1.54, 1.807) is 11.2 Å². The van der Waals surface area contributed by atoms with Gasteiger partial charge in [0.1, 0.15) is 46.7 Å². The highest BCUT2D eigenvalue weighted by atomic mass is 19.1. The summed E-state index contributed by atoms with van der Waals surface area (Å²) < 4.78 is 44.2. The van der Waals surface area contributed by atoms with E-state index in [0.717, 1.165) is 104 Å². The number of anilines is 2. The molecule has 0 spiro atoms. The normalized spacial score (nSPS) is 24.9. The average molecular weight is 823 g/mol. The lowest BCUT2D eigenvalue weighted by molar-refractivity contribution is -0.136. The number of benzene rings is 2. The summed E-state index contributed by atoms with van der Waals surface area (Å²) in [5.74, 6) is 0.0782. The molecule has 4 aliphatic heterocycles. The number of nitrogens with one attached hydrogen (secondary N) is 2. The third-order valence-corrected chi connectivity index (χ3v) is 14.0. The summed E-state index contributed by atoms with van der Waals surface area (Å²) in [6, 6.07) is 8.35. The van der Waals surface area contributed by atoms with E-state index in [1.807, 2.05) is 12.1 Å². The van der Waals surface area contributed by atoms with E-state index in [0.29, 0.717) is 37.8 Å². The van der Waals surface area contributed by atoms with E-state index in [-0.39, 0.29) is 54.0 Å². The molecule has 60 heavy (non-hydrogen) atoms. The molecular formula is C45H52F2N8O5. The van der Waals surface area contributed by atoms with Crippen molar-refractivity contribution in [3.8, 4) is 17.1 Å². The van der Waals surface area contributed by atoms with Gasteiger partial charge in [0, 0.05) is 49.6 Å². The minimum Gasteiger partial charge on any atom is -0.488 e. The fourth-order valence-electron chi connectivity index (χ4n) is 10.2. The van der Waals surface area contributed by atoms with Crippen LogP contribution in [0.1, 0.15) is 106 Å². The number of carbonyl (C=O) groups excluding carboxylic acids is 3. The number of amides is 3. The van der Waals surface area contributed by atoms with Crippen LogP contribution in [0.15, 0.2) is 36.7 Å². The summed E-state index contributed by atoms with van der Waals surface area (Å²) >= 11 is 0. The van der Waals surface area contributed by atoms with Crippen molar-refractivity contribution in [2.24, 2.45) is 11.8 Å². The van der Waals surface area contributed by atoms with Crippen LogP contribution in [0.4, 0.5) is 20.3 Å². The molecule has 2 aromatic heterocycles. The van der Waals surface area contributed by atoms with Gasteiger partial charge in [-0.2, -0.15) is 5.10 Å². The van der Waals surface area contributed by atoms with Crippen LogP contribution >= 0.6 is 0 Å². The summed E-state index contributed by atoms with van der Waals surface area (Å²) in [5.41, 5.74) is 2.43. The van der Waals surface area contributed by atoms with Crippen molar-refractivity contribution in [3.63, 3.8) is 0 Å². The molecule has 316 valence electrons. The number of carbonyl (C=O) groups is 3. The lowest BCUT2D eigenvalue weighted by atomic mass is 9.79. The number of imide groups is 1. The first-order valence-electron chi connectivity index (χ1n) is 21.9. The number of halogens is 2. The highest BCUT2D eigenvalue weighted by Gasteiger charge is 2.43. The Hall–Kier alpha value is -5.18. The first-order chi connectivity index (χ1) is 29.1. The Kier molecular flexibility index (Phi) is 10.2. The third-order valence-electron chi connectivity index (χ3n) is 14.0. The molecule has 3 saturated heterocycles. The molecule has 3 amide bonds. The molecule has 2 aliphatic carbocycles. The van der Waals surface area contributed by atoms with E-state index < -0.39 is 35.4 Å². The molecule has 5 fully saturated rings. The zero-order valence-electron chi connectivity index (χ0n) is 34.1. The standard InChI is InChI=1S/C45H52F2N8O5/c1-45(14-15-45)60-30-6-7-35-32(21-30)41(52-51-35)36-23-38(49-25-48-36)53-16-10-27(11-17-53)20-26-2-4-28(5-3-26)59-29-12-18-54(19-13-29)42-34(46)22-31-33(40(42)47)24-55(44(31)58)37-8-9-39(56)50-43(37)57/h6-7,21-23,25-29,37H,2-5,8-20,24H2,1H3,(H,51,52)(H,50,56,57)/t26-,28-,37?. The molecule has 15 heteroatoms. The molecule has 13 nitrogen and oxygen atoms in total. The zero-order valence-corrected chi connectivity index (χ0v) is 34.1. The Morgan fingerprint density at radius 3 is 2.33 bits per heavy atom. The number of nitrogens with zero attached hydrogens (tertiary/aromatic N) is 6. The number of hydrogen-bond acceptors (Lipinski definition) is 10. The maximum atomic E-state index is 16.0. The summed E-state index contributed by atoms with van der Waals surface area (Å²) in [6.07, 6.45) is 13.5. The second kappa shape index (κ2) is 15.7. The molecule has 0 bridgehead atoms. The van der Waals surface area contributed by atoms with E-state index in [9.17, 15) is 14.4 Å². The van der Waals surface area contributed by atoms with Gasteiger partial charge in [0.15, 0.2) is 5.82 Å². The van der Waals surface area contributed by atoms with Crippen LogP contribution < -0.4 is 19.9 Å². The van der Waals surface area contributed by atoms with Crippen molar-refractivity contribution in [3.05, 3.63) is 59.4 Å². The predicted octanol–water partition coefficient (Wildman–Crippen LogP) is 6.84. The molecule has 2 N–H and O–H groups in total. The lowest BCUT2D eigenvalue weighted by Crippen LogP contribution is -2.52. The van der Waals surface area contributed by atoms with Gasteiger partial charge in [0.2, 0.25) is 11.8 Å². The highest BCUT2D eigenvalue weighted by molar-refractivity contribution is 6.05. The Labute approximate surface area is 347 Å². The molecule has 2 saturated carbocycles. The van der Waals surface area contributed by atoms with Gasteiger partial charge in [-0.25, -0.2) is 18.7 Å². The Morgan fingerprint density at radius 2 is 1.58 bits per heavy atom. The van der Waals surface area contributed by atoms with Crippen molar-refractivity contribution in [2.75, 3.05) is 36.0 Å². The van der Waals surface area contributed by atoms with Crippen molar-refractivity contribution in [2.45, 2.75) is 121 Å². The van der Waals surface area contributed by atoms with Crippen LogP contribution in [0.2, 0.25) is 0 Å². The van der Waals surface area contributed by atoms with Crippen LogP contribution in [-0.2, 0) is 20.9 Å². The van der Waals surface area contributed by atoms with E-state index >= 15 is 8.78 Å². The second-order valence-corrected chi connectivity index (χ2v) is 18.2. The monoisotopic (exact) mass is 822 g/mol. The van der Waals surface area contributed by atoms with Gasteiger partial charge in [-0.1, -0.05) is 0 Å². The summed E-state index contributed by atoms with van der Waals surface area (Å²) in [5, 5.41) is 11.0. The topological polar surface area (TPSA) is 146 Å². The SMILES string of the molecule is CC1(Oc2ccc3[nH]nc(-c4cc(N5CCC(C[C@H]6CC[C@H](OC7CCN(c8c(F)cc9c(c8F)CN(C8CCC(=O)NC8=O)C9=O)CC7)CC6)CC5)ncn4)c3c2)CC1. The lowest BCUT2D eigenvalue weighted by Gasteiger charge is -2.38. The van der Waals surface area contributed by atoms with Crippen molar-refractivity contribution < 1.29 is 32.6 Å². The number of piperidine rings is 3. The quantitative estimate of drug-likeness (QED) is 0.163. The summed E-state index contributed by atoms with van der Waals surface area (Å²) in [4.78, 5) is 51.8. The van der Waals surface area contributed by atoms with Gasteiger partial charge in [0.25, 0.3) is 5.91 Å². The van der Waals surface area contributed by atoms with Crippen LogP contribution in [-0.4, -0.2) is 92.8 Å². The van der Waals surface area contributed by atoms with Gasteiger partial charge < -0.3 is 24.2 Å². The van der Waals surface area contributed by atoms with Crippen LogP contribution in [0.5, 0.6) is 5.75 Å². The Balaban J connectivity index is 0.675. The largest absolute Gasteiger partial charge is 0.488 e. The van der Waals surface area contributed by atoms with Crippen LogP contribution in [0.25, 0.3) is 22.3 Å². The maximum Gasteiger partial charge on any atom is 0.255 e. The summed E-state index contributed by atoms with van der Waals surface area (Å²) in [6.45, 7) is 4.84. The fourth-order valence-corrected chi connectivity index (χ4v) is 10.2. The Morgan fingerprint density at radius 1 is 0.850 bits per heavy atom.